The standard InChI is InChI=1S/C11H11Cl2N3O3/c1-17-8-4-9(18-2)7(3-6(8)13)14-11-16-15-10(5-12)19-11/h3-4H,5H2,1-2H3,(H,14,16). The molecule has 0 fully saturated rings. The molecule has 0 aliphatic heterocycles. The summed E-state index contributed by atoms with van der Waals surface area (Å²) in [5.74, 6) is 1.51. The number of nitrogens with one attached hydrogen (secondary N) is 1. The second kappa shape index (κ2) is 5.99. The normalized spacial score (nSPS) is 10.3. The molecule has 1 aromatic carbocycles. The van der Waals surface area contributed by atoms with Gasteiger partial charge in [0.1, 0.15) is 17.4 Å². The molecule has 0 atom stereocenters. The predicted molar refractivity (Wildman–Crippen MR) is 71.7 cm³/mol. The molecule has 0 amide bonds. The number of nitrogens with zero attached hydrogens (tertiary/aromatic N) is 2. The molecule has 6 nitrogen and oxygen atoms in total. The van der Waals surface area contributed by atoms with Gasteiger partial charge >= 0.3 is 6.01 Å². The average Bonchev–Trinajstić information content (AvgIpc) is 2.87. The van der Waals surface area contributed by atoms with Crippen LogP contribution in [0.15, 0.2) is 16.5 Å². The second-order valence-corrected chi connectivity index (χ2v) is 4.12. The quantitative estimate of drug-likeness (QED) is 0.855. The van der Waals surface area contributed by atoms with Crippen molar-refractivity contribution in [2.24, 2.45) is 0 Å². The third kappa shape index (κ3) is 3.02. The fourth-order valence-electron chi connectivity index (χ4n) is 1.43. The van der Waals surface area contributed by atoms with Crippen molar-refractivity contribution >= 4 is 34.9 Å². The molecule has 19 heavy (non-hydrogen) atoms. The van der Waals surface area contributed by atoms with Gasteiger partial charge in [0, 0.05) is 6.07 Å². The maximum atomic E-state index is 6.05. The van der Waals surface area contributed by atoms with Crippen molar-refractivity contribution in [3.05, 3.63) is 23.0 Å². The van der Waals surface area contributed by atoms with E-state index in [2.05, 4.69) is 15.5 Å². The fourth-order valence-corrected chi connectivity index (χ4v) is 1.78. The van der Waals surface area contributed by atoms with Crippen LogP contribution < -0.4 is 14.8 Å². The molecule has 2 aromatic rings. The van der Waals surface area contributed by atoms with Gasteiger partial charge in [-0.2, -0.15) is 0 Å². The summed E-state index contributed by atoms with van der Waals surface area (Å²) < 4.78 is 15.6. The smallest absolute Gasteiger partial charge is 0.320 e. The summed E-state index contributed by atoms with van der Waals surface area (Å²) in [5.41, 5.74) is 0.582. The number of benzene rings is 1. The molecule has 0 aliphatic rings. The van der Waals surface area contributed by atoms with E-state index in [0.29, 0.717) is 28.1 Å². The first kappa shape index (κ1) is 13.8. The molecule has 0 saturated heterocycles. The Bertz CT molecular complexity index is 574. The molecule has 1 N–H and O–H groups in total. The van der Waals surface area contributed by atoms with Gasteiger partial charge in [0.2, 0.25) is 5.89 Å². The van der Waals surface area contributed by atoms with Crippen molar-refractivity contribution in [2.45, 2.75) is 5.88 Å². The van der Waals surface area contributed by atoms with Gasteiger partial charge in [-0.3, -0.25) is 0 Å². The highest BCUT2D eigenvalue weighted by molar-refractivity contribution is 6.32. The number of hydrogen-bond acceptors (Lipinski definition) is 6. The van der Waals surface area contributed by atoms with Gasteiger partial charge < -0.3 is 19.2 Å². The zero-order chi connectivity index (χ0) is 13.8. The largest absolute Gasteiger partial charge is 0.495 e. The number of anilines is 2. The first-order chi connectivity index (χ1) is 9.17. The van der Waals surface area contributed by atoms with E-state index in [0.717, 1.165) is 0 Å². The van der Waals surface area contributed by atoms with E-state index in [1.165, 1.54) is 14.2 Å². The van der Waals surface area contributed by atoms with Crippen LogP contribution in [0.2, 0.25) is 5.02 Å². The van der Waals surface area contributed by atoms with Gasteiger partial charge in [0.15, 0.2) is 0 Å². The lowest BCUT2D eigenvalue weighted by molar-refractivity contribution is 0.395. The highest BCUT2D eigenvalue weighted by Crippen LogP contribution is 2.37. The van der Waals surface area contributed by atoms with E-state index < -0.39 is 0 Å². The SMILES string of the molecule is COc1cc(OC)c(Nc2nnc(CCl)o2)cc1Cl. The van der Waals surface area contributed by atoms with Crippen molar-refractivity contribution in [3.63, 3.8) is 0 Å². The number of rotatable bonds is 5. The van der Waals surface area contributed by atoms with Crippen LogP contribution in [0.5, 0.6) is 11.5 Å². The van der Waals surface area contributed by atoms with E-state index in [-0.39, 0.29) is 11.9 Å². The number of methoxy groups -OCH3 is 2. The summed E-state index contributed by atoms with van der Waals surface area (Å²) in [7, 11) is 3.06. The van der Waals surface area contributed by atoms with E-state index >= 15 is 0 Å². The number of alkyl halides is 1. The molecular weight excluding hydrogens is 293 g/mol. The molecule has 0 unspecified atom stereocenters. The Morgan fingerprint density at radius 3 is 2.53 bits per heavy atom. The average molecular weight is 304 g/mol. The summed E-state index contributed by atoms with van der Waals surface area (Å²) >= 11 is 11.6. The van der Waals surface area contributed by atoms with Crippen LogP contribution in [-0.2, 0) is 5.88 Å². The van der Waals surface area contributed by atoms with Gasteiger partial charge in [0.25, 0.3) is 0 Å². The zero-order valence-electron chi connectivity index (χ0n) is 10.2. The summed E-state index contributed by atoms with van der Waals surface area (Å²) in [6, 6.07) is 3.50. The lowest BCUT2D eigenvalue weighted by Crippen LogP contribution is -1.96. The summed E-state index contributed by atoms with van der Waals surface area (Å²) in [6.07, 6.45) is 0. The molecule has 0 bridgehead atoms. The van der Waals surface area contributed by atoms with E-state index in [1.54, 1.807) is 12.1 Å². The Morgan fingerprint density at radius 1 is 1.21 bits per heavy atom. The van der Waals surface area contributed by atoms with Gasteiger partial charge in [-0.25, -0.2) is 0 Å². The maximum Gasteiger partial charge on any atom is 0.320 e. The van der Waals surface area contributed by atoms with E-state index in [4.69, 9.17) is 37.1 Å². The topological polar surface area (TPSA) is 69.4 Å². The highest BCUT2D eigenvalue weighted by Gasteiger charge is 2.12. The minimum atomic E-state index is 0.148. The Labute approximate surface area is 119 Å². The first-order valence-corrected chi connectivity index (χ1v) is 6.16. The maximum absolute atomic E-state index is 6.05. The molecule has 2 rings (SSSR count). The van der Waals surface area contributed by atoms with Crippen molar-refractivity contribution in [1.82, 2.24) is 10.2 Å². The molecule has 0 spiro atoms. The third-order valence-electron chi connectivity index (χ3n) is 2.30. The molecule has 1 aromatic heterocycles. The van der Waals surface area contributed by atoms with Crippen LogP contribution in [0, 0.1) is 0 Å². The Hall–Kier alpha value is -1.66. The molecule has 1 heterocycles. The molecule has 8 heteroatoms. The zero-order valence-corrected chi connectivity index (χ0v) is 11.7. The lowest BCUT2D eigenvalue weighted by Gasteiger charge is -2.11. The molecule has 0 saturated carbocycles. The number of hydrogen-bond donors (Lipinski definition) is 1. The Balaban J connectivity index is 2.30. The lowest BCUT2D eigenvalue weighted by atomic mass is 10.2. The van der Waals surface area contributed by atoms with Crippen LogP contribution in [-0.4, -0.2) is 24.4 Å². The minimum Gasteiger partial charge on any atom is -0.495 e. The van der Waals surface area contributed by atoms with Crippen LogP contribution in [0.3, 0.4) is 0 Å². The number of ether oxygens (including phenoxy) is 2. The summed E-state index contributed by atoms with van der Waals surface area (Å²) in [6.45, 7) is 0. The highest BCUT2D eigenvalue weighted by atomic mass is 35.5. The third-order valence-corrected chi connectivity index (χ3v) is 2.82. The van der Waals surface area contributed by atoms with Crippen LogP contribution in [0.1, 0.15) is 5.89 Å². The number of halogens is 2. The first-order valence-electron chi connectivity index (χ1n) is 5.24. The van der Waals surface area contributed by atoms with Crippen LogP contribution >= 0.6 is 23.2 Å². The molecule has 102 valence electrons. The van der Waals surface area contributed by atoms with Gasteiger partial charge in [0.05, 0.1) is 24.9 Å². The van der Waals surface area contributed by atoms with E-state index in [9.17, 15) is 0 Å². The number of aromatic nitrogens is 2. The van der Waals surface area contributed by atoms with Gasteiger partial charge in [-0.05, 0) is 6.07 Å². The van der Waals surface area contributed by atoms with Crippen LogP contribution in [0.25, 0.3) is 0 Å². The molecule has 0 radical (unpaired) electrons. The molecule has 0 aliphatic carbocycles. The van der Waals surface area contributed by atoms with Gasteiger partial charge in [-0.1, -0.05) is 16.7 Å². The van der Waals surface area contributed by atoms with Crippen molar-refractivity contribution in [1.29, 1.82) is 0 Å². The van der Waals surface area contributed by atoms with Gasteiger partial charge in [-0.15, -0.1) is 16.7 Å². The van der Waals surface area contributed by atoms with Crippen molar-refractivity contribution in [2.75, 3.05) is 19.5 Å². The summed E-state index contributed by atoms with van der Waals surface area (Å²) in [4.78, 5) is 0. The fraction of sp³-hybridized carbons (Fsp3) is 0.273. The van der Waals surface area contributed by atoms with Crippen molar-refractivity contribution < 1.29 is 13.9 Å². The summed E-state index contributed by atoms with van der Waals surface area (Å²) in [5, 5.41) is 10.9. The Morgan fingerprint density at radius 2 is 1.95 bits per heavy atom. The van der Waals surface area contributed by atoms with E-state index in [1.807, 2.05) is 0 Å². The Kier molecular flexibility index (Phi) is 4.34. The minimum absolute atomic E-state index is 0.148. The predicted octanol–water partition coefficient (Wildman–Crippen LogP) is 3.22. The van der Waals surface area contributed by atoms with Crippen molar-refractivity contribution in [3.8, 4) is 11.5 Å². The van der Waals surface area contributed by atoms with Crippen LogP contribution in [0.4, 0.5) is 11.7 Å². The monoisotopic (exact) mass is 303 g/mol. The molecular formula is C11H11Cl2N3O3. The second-order valence-electron chi connectivity index (χ2n) is 3.45.